The van der Waals surface area contributed by atoms with E-state index in [4.69, 9.17) is 5.73 Å². The van der Waals surface area contributed by atoms with Crippen molar-refractivity contribution in [2.45, 2.75) is 32.7 Å². The van der Waals surface area contributed by atoms with Gasteiger partial charge in [0, 0.05) is 36.9 Å². The van der Waals surface area contributed by atoms with Crippen LogP contribution in [0.1, 0.15) is 26.7 Å². The van der Waals surface area contributed by atoms with Gasteiger partial charge in [-0.05, 0) is 37.5 Å². The third kappa shape index (κ3) is 3.96. The lowest BCUT2D eigenvalue weighted by molar-refractivity contribution is -0.116. The molecule has 1 saturated heterocycles. The van der Waals surface area contributed by atoms with E-state index in [1.807, 2.05) is 18.2 Å². The topological polar surface area (TPSA) is 58.4 Å². The fraction of sp³-hybridized carbons (Fsp3) is 0.533. The number of carbonyl (C=O) groups excluding carboxylic acids is 1. The predicted octanol–water partition coefficient (Wildman–Crippen LogP) is 2.33. The van der Waals surface area contributed by atoms with Crippen LogP contribution in [0.5, 0.6) is 0 Å². The first kappa shape index (κ1) is 13.9. The molecule has 0 radical (unpaired) electrons. The summed E-state index contributed by atoms with van der Waals surface area (Å²) in [7, 11) is 0. The van der Waals surface area contributed by atoms with E-state index >= 15 is 0 Å². The summed E-state index contributed by atoms with van der Waals surface area (Å²) in [5, 5.41) is 2.89. The molecule has 2 rings (SSSR count). The summed E-state index contributed by atoms with van der Waals surface area (Å²) in [6.07, 6.45) is 1.77. The number of anilines is 2. The number of nitrogens with zero attached hydrogens (tertiary/aromatic N) is 1. The number of carbonyl (C=O) groups is 1. The van der Waals surface area contributed by atoms with Gasteiger partial charge in [0.1, 0.15) is 0 Å². The van der Waals surface area contributed by atoms with Crippen LogP contribution < -0.4 is 11.1 Å². The number of likely N-dealkylation sites (tertiary alicyclic amines) is 1. The van der Waals surface area contributed by atoms with Gasteiger partial charge in [-0.1, -0.05) is 13.0 Å². The molecule has 4 nitrogen and oxygen atoms in total. The van der Waals surface area contributed by atoms with Gasteiger partial charge in [-0.3, -0.25) is 9.69 Å². The van der Waals surface area contributed by atoms with Gasteiger partial charge in [-0.25, -0.2) is 0 Å². The highest BCUT2D eigenvalue weighted by atomic mass is 16.1. The smallest absolute Gasteiger partial charge is 0.225 e. The first-order chi connectivity index (χ1) is 9.04. The number of nitrogens with one attached hydrogen (secondary N) is 1. The second kappa shape index (κ2) is 6.06. The van der Waals surface area contributed by atoms with Crippen LogP contribution in [0, 0.1) is 5.92 Å². The molecule has 1 aromatic rings. The average molecular weight is 261 g/mol. The molecular weight excluding hydrogens is 238 g/mol. The highest BCUT2D eigenvalue weighted by Crippen LogP contribution is 2.22. The number of hydrogen-bond acceptors (Lipinski definition) is 3. The lowest BCUT2D eigenvalue weighted by atomic mass is 10.1. The van der Waals surface area contributed by atoms with E-state index in [0.717, 1.165) is 24.7 Å². The number of benzene rings is 1. The SMILES string of the molecule is CC1CC(C)N(CCC(=O)Nc2cccc(N)c2)C1. The number of nitrogens with two attached hydrogens (primary N) is 1. The Labute approximate surface area is 115 Å². The van der Waals surface area contributed by atoms with Crippen molar-refractivity contribution in [1.29, 1.82) is 0 Å². The van der Waals surface area contributed by atoms with Crippen LogP contribution in [0.15, 0.2) is 24.3 Å². The molecule has 1 aliphatic heterocycles. The van der Waals surface area contributed by atoms with E-state index in [1.165, 1.54) is 6.42 Å². The van der Waals surface area contributed by atoms with Crippen LogP contribution in [-0.4, -0.2) is 29.9 Å². The largest absolute Gasteiger partial charge is 0.399 e. The minimum Gasteiger partial charge on any atom is -0.399 e. The summed E-state index contributed by atoms with van der Waals surface area (Å²) in [6, 6.07) is 7.88. The number of nitrogen functional groups attached to an aromatic ring is 1. The van der Waals surface area contributed by atoms with Gasteiger partial charge in [0.2, 0.25) is 5.91 Å². The van der Waals surface area contributed by atoms with Gasteiger partial charge in [-0.15, -0.1) is 0 Å². The molecule has 1 aromatic carbocycles. The van der Waals surface area contributed by atoms with Gasteiger partial charge >= 0.3 is 0 Å². The Balaban J connectivity index is 1.79. The highest BCUT2D eigenvalue weighted by molar-refractivity contribution is 5.91. The van der Waals surface area contributed by atoms with Crippen molar-refractivity contribution in [3.8, 4) is 0 Å². The maximum absolute atomic E-state index is 11.9. The Morgan fingerprint density at radius 2 is 2.26 bits per heavy atom. The summed E-state index contributed by atoms with van der Waals surface area (Å²) < 4.78 is 0. The third-order valence-electron chi connectivity index (χ3n) is 3.71. The lowest BCUT2D eigenvalue weighted by Crippen LogP contribution is -2.30. The lowest BCUT2D eigenvalue weighted by Gasteiger charge is -2.20. The molecule has 1 amide bonds. The van der Waals surface area contributed by atoms with E-state index in [0.29, 0.717) is 18.2 Å². The van der Waals surface area contributed by atoms with Crippen LogP contribution in [0.2, 0.25) is 0 Å². The van der Waals surface area contributed by atoms with Crippen molar-refractivity contribution in [2.24, 2.45) is 5.92 Å². The van der Waals surface area contributed by atoms with Crippen LogP contribution in [0.4, 0.5) is 11.4 Å². The molecule has 0 spiro atoms. The van der Waals surface area contributed by atoms with Crippen LogP contribution in [0.25, 0.3) is 0 Å². The molecular formula is C15H23N3O. The van der Waals surface area contributed by atoms with Crippen molar-refractivity contribution in [3.63, 3.8) is 0 Å². The average Bonchev–Trinajstić information content (AvgIpc) is 2.65. The van der Waals surface area contributed by atoms with Crippen LogP contribution in [-0.2, 0) is 4.79 Å². The zero-order valence-corrected chi connectivity index (χ0v) is 11.7. The fourth-order valence-electron chi connectivity index (χ4n) is 2.78. The summed E-state index contributed by atoms with van der Waals surface area (Å²) in [6.45, 7) is 6.44. The molecule has 2 atom stereocenters. The molecule has 0 aromatic heterocycles. The minimum atomic E-state index is 0.0531. The fourth-order valence-corrected chi connectivity index (χ4v) is 2.78. The first-order valence-corrected chi connectivity index (χ1v) is 6.94. The van der Waals surface area contributed by atoms with Gasteiger partial charge in [0.05, 0.1) is 0 Å². The molecule has 2 unspecified atom stereocenters. The Hall–Kier alpha value is -1.55. The summed E-state index contributed by atoms with van der Waals surface area (Å²) in [5.74, 6) is 0.796. The van der Waals surface area contributed by atoms with E-state index in [-0.39, 0.29) is 5.91 Å². The molecule has 1 heterocycles. The monoisotopic (exact) mass is 261 g/mol. The molecule has 0 saturated carbocycles. The van der Waals surface area contributed by atoms with E-state index in [2.05, 4.69) is 24.1 Å². The van der Waals surface area contributed by atoms with Crippen molar-refractivity contribution in [3.05, 3.63) is 24.3 Å². The van der Waals surface area contributed by atoms with Crippen molar-refractivity contribution in [2.75, 3.05) is 24.1 Å². The van der Waals surface area contributed by atoms with E-state index in [1.54, 1.807) is 6.07 Å². The second-order valence-corrected chi connectivity index (χ2v) is 5.61. The molecule has 4 heteroatoms. The number of rotatable bonds is 4. The van der Waals surface area contributed by atoms with Crippen molar-refractivity contribution in [1.82, 2.24) is 4.90 Å². The Morgan fingerprint density at radius 3 is 2.89 bits per heavy atom. The van der Waals surface area contributed by atoms with Gasteiger partial charge < -0.3 is 11.1 Å². The van der Waals surface area contributed by atoms with Gasteiger partial charge in [-0.2, -0.15) is 0 Å². The Kier molecular flexibility index (Phi) is 4.43. The van der Waals surface area contributed by atoms with Crippen molar-refractivity contribution >= 4 is 17.3 Å². The summed E-state index contributed by atoms with van der Waals surface area (Å²) in [4.78, 5) is 14.3. The van der Waals surface area contributed by atoms with Crippen molar-refractivity contribution < 1.29 is 4.79 Å². The van der Waals surface area contributed by atoms with Crippen LogP contribution in [0.3, 0.4) is 0 Å². The Bertz CT molecular complexity index is 447. The maximum atomic E-state index is 11.9. The zero-order chi connectivity index (χ0) is 13.8. The predicted molar refractivity (Wildman–Crippen MR) is 78.9 cm³/mol. The molecule has 3 N–H and O–H groups in total. The normalized spacial score (nSPS) is 23.5. The Morgan fingerprint density at radius 1 is 1.47 bits per heavy atom. The molecule has 0 aliphatic carbocycles. The minimum absolute atomic E-state index is 0.0531. The molecule has 0 bridgehead atoms. The van der Waals surface area contributed by atoms with Gasteiger partial charge in [0.25, 0.3) is 0 Å². The van der Waals surface area contributed by atoms with E-state index in [9.17, 15) is 4.79 Å². The summed E-state index contributed by atoms with van der Waals surface area (Å²) >= 11 is 0. The number of amides is 1. The van der Waals surface area contributed by atoms with Crippen LogP contribution >= 0.6 is 0 Å². The molecule has 19 heavy (non-hydrogen) atoms. The summed E-state index contributed by atoms with van der Waals surface area (Å²) in [5.41, 5.74) is 7.12. The molecule has 1 fully saturated rings. The third-order valence-corrected chi connectivity index (χ3v) is 3.71. The molecule has 1 aliphatic rings. The quantitative estimate of drug-likeness (QED) is 0.818. The number of hydrogen-bond donors (Lipinski definition) is 2. The zero-order valence-electron chi connectivity index (χ0n) is 11.7. The van der Waals surface area contributed by atoms with Gasteiger partial charge in [0.15, 0.2) is 0 Å². The highest BCUT2D eigenvalue weighted by Gasteiger charge is 2.25. The first-order valence-electron chi connectivity index (χ1n) is 6.94. The second-order valence-electron chi connectivity index (χ2n) is 5.61. The van der Waals surface area contributed by atoms with E-state index < -0.39 is 0 Å². The standard InChI is InChI=1S/C15H23N3O/c1-11-8-12(2)18(10-11)7-6-15(19)17-14-5-3-4-13(16)9-14/h3-5,9,11-12H,6-8,10,16H2,1-2H3,(H,17,19). The molecule has 104 valence electrons. The maximum Gasteiger partial charge on any atom is 0.225 e.